The first kappa shape index (κ1) is 17.7. The number of thiocarbonyl (C=S) groups is 1. The highest BCUT2D eigenvalue weighted by molar-refractivity contribution is 7.81. The first-order valence-corrected chi connectivity index (χ1v) is 7.83. The summed E-state index contributed by atoms with van der Waals surface area (Å²) in [6.45, 7) is 1.22. The molecule has 24 heavy (non-hydrogen) atoms. The van der Waals surface area contributed by atoms with Crippen molar-refractivity contribution in [2.75, 3.05) is 11.9 Å². The zero-order valence-electron chi connectivity index (χ0n) is 13.0. The van der Waals surface area contributed by atoms with Crippen molar-refractivity contribution in [1.29, 1.82) is 5.26 Å². The summed E-state index contributed by atoms with van der Waals surface area (Å²) in [6, 6.07) is 6.37. The van der Waals surface area contributed by atoms with Crippen LogP contribution in [0.5, 0.6) is 0 Å². The molecular formula is C16H15BN2O4S. The molecule has 1 aliphatic rings. The summed E-state index contributed by atoms with van der Waals surface area (Å²) in [5, 5.41) is 21.8. The molecule has 0 amide bonds. The van der Waals surface area contributed by atoms with Crippen molar-refractivity contribution in [2.45, 2.75) is 19.7 Å². The number of anilines is 1. The number of benzene rings is 1. The largest absolute Gasteiger partial charge is 0.512 e. The molecule has 1 aliphatic heterocycles. The predicted molar refractivity (Wildman–Crippen MR) is 94.1 cm³/mol. The third-order valence-corrected chi connectivity index (χ3v) is 3.86. The van der Waals surface area contributed by atoms with Crippen LogP contribution in [0.2, 0.25) is 6.32 Å². The van der Waals surface area contributed by atoms with Crippen molar-refractivity contribution in [3.05, 3.63) is 41.2 Å². The van der Waals surface area contributed by atoms with Gasteiger partial charge in [-0.25, -0.2) is 10.1 Å². The molecule has 0 spiro atoms. The fourth-order valence-electron chi connectivity index (χ4n) is 2.32. The van der Waals surface area contributed by atoms with E-state index in [4.69, 9.17) is 22.2 Å². The average molecular weight is 342 g/mol. The number of carbonyl (C=O) groups excluding carboxylic acids is 2. The smallest absolute Gasteiger partial charge is 0.351 e. The minimum atomic E-state index is -0.790. The molecule has 1 aromatic rings. The van der Waals surface area contributed by atoms with Gasteiger partial charge in [0.05, 0.1) is 17.7 Å². The maximum absolute atomic E-state index is 12.2. The number of ether oxygens (including phenoxy) is 1. The van der Waals surface area contributed by atoms with Crippen molar-refractivity contribution < 1.29 is 19.4 Å². The maximum Gasteiger partial charge on any atom is 0.351 e. The number of carbonyl (C=O) groups is 2. The highest BCUT2D eigenvalue weighted by atomic mass is 32.1. The van der Waals surface area contributed by atoms with Gasteiger partial charge in [-0.1, -0.05) is 12.2 Å². The van der Waals surface area contributed by atoms with E-state index in [1.165, 1.54) is 0 Å². The Morgan fingerprint density at radius 1 is 1.46 bits per heavy atom. The first-order valence-electron chi connectivity index (χ1n) is 7.42. The van der Waals surface area contributed by atoms with Crippen LogP contribution in [-0.2, 0) is 9.53 Å². The summed E-state index contributed by atoms with van der Waals surface area (Å²) in [6.07, 6.45) is 0.532. The molecular weight excluding hydrogens is 327 g/mol. The van der Waals surface area contributed by atoms with Crippen LogP contribution in [0, 0.1) is 11.2 Å². The molecule has 0 saturated heterocycles. The van der Waals surface area contributed by atoms with E-state index in [0.717, 1.165) is 0 Å². The van der Waals surface area contributed by atoms with Gasteiger partial charge in [-0.15, -0.1) is 0 Å². The number of hydrogen-bond acceptors (Lipinski definition) is 6. The lowest BCUT2D eigenvalue weighted by atomic mass is 9.41. The first-order chi connectivity index (χ1) is 11.5. The van der Waals surface area contributed by atoms with Gasteiger partial charge in [0.2, 0.25) is 0 Å². The van der Waals surface area contributed by atoms with Crippen LogP contribution in [0.15, 0.2) is 35.6 Å². The summed E-state index contributed by atoms with van der Waals surface area (Å²) < 4.78 is 4.90. The molecule has 0 saturated carbocycles. The van der Waals surface area contributed by atoms with E-state index in [2.05, 4.69) is 5.32 Å². The highest BCUT2D eigenvalue weighted by Gasteiger charge is 2.35. The van der Waals surface area contributed by atoms with Crippen molar-refractivity contribution >= 4 is 41.3 Å². The Hall–Kier alpha value is -2.66. The highest BCUT2D eigenvalue weighted by Crippen LogP contribution is 2.23. The van der Waals surface area contributed by atoms with Crippen LogP contribution < -0.4 is 5.32 Å². The second kappa shape index (κ2) is 7.75. The van der Waals surface area contributed by atoms with Crippen molar-refractivity contribution in [3.63, 3.8) is 0 Å². The number of aliphatic hydroxyl groups is 1. The number of nitrogens with zero attached hydrogens (tertiary/aromatic N) is 1. The molecule has 0 fully saturated rings. The minimum Gasteiger partial charge on any atom is -0.512 e. The Balaban J connectivity index is 2.13. The summed E-state index contributed by atoms with van der Waals surface area (Å²) in [7, 11) is 0. The van der Waals surface area contributed by atoms with E-state index in [-0.39, 0.29) is 22.7 Å². The number of rotatable bonds is 4. The molecule has 6 nitrogen and oxygen atoms in total. The second-order valence-electron chi connectivity index (χ2n) is 5.16. The van der Waals surface area contributed by atoms with Crippen LogP contribution in [0.1, 0.15) is 23.7 Å². The molecule has 2 N–H and O–H groups in total. The standard InChI is InChI=1S/C16H15BN2O4S/c1-2-23-16(22)10-3-5-11(6-4-10)19-15(24)13-12(20)7-8-17(9-18)14(13)21/h3-6,20H,2,7-8H2,1H3,(H,19,24). The molecule has 0 aliphatic carbocycles. The lowest BCUT2D eigenvalue weighted by Gasteiger charge is -2.18. The van der Waals surface area contributed by atoms with E-state index in [0.29, 0.717) is 24.2 Å². The molecule has 0 bridgehead atoms. The van der Waals surface area contributed by atoms with E-state index in [1.54, 1.807) is 31.2 Å². The quantitative estimate of drug-likeness (QED) is 0.493. The van der Waals surface area contributed by atoms with Crippen LogP contribution in [0.25, 0.3) is 0 Å². The van der Waals surface area contributed by atoms with Crippen molar-refractivity contribution in [1.82, 2.24) is 0 Å². The number of nitriles is 1. The Bertz CT molecular complexity index is 752. The zero-order valence-corrected chi connectivity index (χ0v) is 13.9. The van der Waals surface area contributed by atoms with E-state index >= 15 is 0 Å². The molecule has 1 heterocycles. The Kier molecular flexibility index (Phi) is 5.71. The van der Waals surface area contributed by atoms with Gasteiger partial charge in [0.1, 0.15) is 16.4 Å². The lowest BCUT2D eigenvalue weighted by molar-refractivity contribution is -0.109. The van der Waals surface area contributed by atoms with E-state index < -0.39 is 18.4 Å². The van der Waals surface area contributed by atoms with E-state index in [1.807, 2.05) is 5.97 Å². The van der Waals surface area contributed by atoms with E-state index in [9.17, 15) is 14.7 Å². The Labute approximate surface area is 145 Å². The van der Waals surface area contributed by atoms with Crippen molar-refractivity contribution in [2.24, 2.45) is 0 Å². The monoisotopic (exact) mass is 342 g/mol. The third-order valence-electron chi connectivity index (χ3n) is 3.56. The molecule has 0 atom stereocenters. The molecule has 122 valence electrons. The second-order valence-corrected chi connectivity index (χ2v) is 5.57. The minimum absolute atomic E-state index is 0.0164. The number of esters is 1. The van der Waals surface area contributed by atoms with Gasteiger partial charge in [-0.3, -0.25) is 0 Å². The van der Waals surface area contributed by atoms with Gasteiger partial charge < -0.3 is 20.0 Å². The van der Waals surface area contributed by atoms with Crippen LogP contribution in [0.3, 0.4) is 0 Å². The molecule has 1 aromatic carbocycles. The number of aliphatic hydroxyl groups excluding tert-OH is 1. The predicted octanol–water partition coefficient (Wildman–Crippen LogP) is 2.48. The fraction of sp³-hybridized carbons (Fsp3) is 0.250. The number of allylic oxidation sites excluding steroid dienone is 1. The molecule has 8 heteroatoms. The van der Waals surface area contributed by atoms with Gasteiger partial charge in [0, 0.05) is 18.1 Å². The molecule has 0 aromatic heterocycles. The van der Waals surface area contributed by atoms with Crippen LogP contribution >= 0.6 is 12.2 Å². The Morgan fingerprint density at radius 3 is 2.71 bits per heavy atom. The van der Waals surface area contributed by atoms with Crippen LogP contribution in [-0.4, -0.2) is 35.1 Å². The average Bonchev–Trinajstić information content (AvgIpc) is 2.56. The SMILES string of the molecule is CCOC(=O)c1ccc(NC(=S)C2=C(O)CCB(C#N)C2=O)cc1. The van der Waals surface area contributed by atoms with Gasteiger partial charge >= 0.3 is 12.7 Å². The van der Waals surface area contributed by atoms with Gasteiger partial charge in [0.15, 0.2) is 0 Å². The van der Waals surface area contributed by atoms with Crippen molar-refractivity contribution in [3.8, 4) is 5.97 Å². The fourth-order valence-corrected chi connectivity index (χ4v) is 2.65. The summed E-state index contributed by atoms with van der Waals surface area (Å²) >= 11 is 5.19. The van der Waals surface area contributed by atoms with Gasteiger partial charge in [0.25, 0.3) is 0 Å². The summed E-state index contributed by atoms with van der Waals surface area (Å²) in [4.78, 5) is 23.8. The number of nitrogens with one attached hydrogen (secondary N) is 1. The molecule has 0 unspecified atom stereocenters. The number of hydrogen-bond donors (Lipinski definition) is 2. The normalized spacial score (nSPS) is 14.2. The third kappa shape index (κ3) is 3.81. The van der Waals surface area contributed by atoms with Crippen LogP contribution in [0.4, 0.5) is 5.69 Å². The molecule has 2 rings (SSSR count). The molecule has 0 radical (unpaired) electrons. The summed E-state index contributed by atoms with van der Waals surface area (Å²) in [5.74, 6) is 1.39. The van der Waals surface area contributed by atoms with Gasteiger partial charge in [-0.05, 0) is 37.5 Å². The maximum atomic E-state index is 12.2. The summed E-state index contributed by atoms with van der Waals surface area (Å²) in [5.41, 5.74) is 0.466. The lowest BCUT2D eigenvalue weighted by Crippen LogP contribution is -2.35. The Morgan fingerprint density at radius 2 is 2.12 bits per heavy atom. The topological polar surface area (TPSA) is 99.4 Å². The van der Waals surface area contributed by atoms with Gasteiger partial charge in [-0.2, -0.15) is 0 Å². The zero-order chi connectivity index (χ0) is 17.7.